The first-order chi connectivity index (χ1) is 19.7. The van der Waals surface area contributed by atoms with E-state index in [-0.39, 0.29) is 22.1 Å². The SMILES string of the molecule is CCCCCCCCCCc1ccc(-c2ccc(-c3ccc(-c4ccc(C(C)(C)C)cc4)cc3F)c(F)c2F)cc1. The summed E-state index contributed by atoms with van der Waals surface area (Å²) >= 11 is 0. The average molecular weight is 557 g/mol. The maximum absolute atomic E-state index is 15.3. The van der Waals surface area contributed by atoms with Crippen molar-refractivity contribution in [1.82, 2.24) is 0 Å². The van der Waals surface area contributed by atoms with E-state index < -0.39 is 17.5 Å². The summed E-state index contributed by atoms with van der Waals surface area (Å²) in [4.78, 5) is 0. The minimum atomic E-state index is -1.04. The third kappa shape index (κ3) is 7.91. The van der Waals surface area contributed by atoms with Gasteiger partial charge >= 0.3 is 0 Å². The fourth-order valence-electron chi connectivity index (χ4n) is 5.37. The van der Waals surface area contributed by atoms with Gasteiger partial charge in [-0.05, 0) is 52.1 Å². The van der Waals surface area contributed by atoms with Crippen molar-refractivity contribution < 1.29 is 13.2 Å². The van der Waals surface area contributed by atoms with Crippen molar-refractivity contribution in [3.05, 3.63) is 107 Å². The van der Waals surface area contributed by atoms with Gasteiger partial charge in [-0.1, -0.05) is 145 Å². The lowest BCUT2D eigenvalue weighted by Gasteiger charge is -2.19. The second kappa shape index (κ2) is 14.0. The van der Waals surface area contributed by atoms with E-state index in [0.717, 1.165) is 18.4 Å². The molecule has 0 fully saturated rings. The summed E-state index contributed by atoms with van der Waals surface area (Å²) in [6.45, 7) is 8.66. The summed E-state index contributed by atoms with van der Waals surface area (Å²) in [6.07, 6.45) is 11.2. The van der Waals surface area contributed by atoms with E-state index >= 15 is 13.2 Å². The van der Waals surface area contributed by atoms with Crippen LogP contribution in [0.5, 0.6) is 0 Å². The first-order valence-electron chi connectivity index (χ1n) is 15.2. The molecule has 0 aliphatic carbocycles. The van der Waals surface area contributed by atoms with Crippen LogP contribution in [0.3, 0.4) is 0 Å². The minimum Gasteiger partial charge on any atom is -0.206 e. The molecule has 0 aliphatic rings. The Morgan fingerprint density at radius 2 is 1.02 bits per heavy atom. The number of unbranched alkanes of at least 4 members (excludes halogenated alkanes) is 7. The molecule has 0 aliphatic heterocycles. The van der Waals surface area contributed by atoms with Crippen LogP contribution in [0.25, 0.3) is 33.4 Å². The van der Waals surface area contributed by atoms with Gasteiger partial charge in [0.2, 0.25) is 0 Å². The maximum Gasteiger partial charge on any atom is 0.167 e. The van der Waals surface area contributed by atoms with Gasteiger partial charge in [0, 0.05) is 16.7 Å². The highest BCUT2D eigenvalue weighted by Crippen LogP contribution is 2.35. The first-order valence-corrected chi connectivity index (χ1v) is 15.2. The largest absolute Gasteiger partial charge is 0.206 e. The molecule has 0 heterocycles. The highest BCUT2D eigenvalue weighted by atomic mass is 19.2. The Hall–Kier alpha value is -3.33. The Labute approximate surface area is 244 Å². The topological polar surface area (TPSA) is 0 Å². The van der Waals surface area contributed by atoms with E-state index in [0.29, 0.717) is 11.1 Å². The lowest BCUT2D eigenvalue weighted by molar-refractivity contribution is 0.513. The standard InChI is InChI=1S/C38H43F3/c1-5-6-7-8-9-10-11-12-13-27-14-16-29(17-15-27)32-24-25-34(37(41)36(32)40)33-23-20-30(26-35(33)39)28-18-21-31(22-19-28)38(2,3)4/h14-26H,5-13H2,1-4H3. The molecular formula is C38H43F3. The third-order valence-electron chi connectivity index (χ3n) is 8.01. The highest BCUT2D eigenvalue weighted by molar-refractivity contribution is 5.75. The summed E-state index contributed by atoms with van der Waals surface area (Å²) in [5.41, 5.74) is 4.74. The van der Waals surface area contributed by atoms with Crippen molar-refractivity contribution in [2.75, 3.05) is 0 Å². The minimum absolute atomic E-state index is 0.0242. The molecular weight excluding hydrogens is 513 g/mol. The summed E-state index contributed by atoms with van der Waals surface area (Å²) in [7, 11) is 0. The molecule has 0 saturated heterocycles. The van der Waals surface area contributed by atoms with Gasteiger partial charge in [0.15, 0.2) is 11.6 Å². The predicted octanol–water partition coefficient (Wildman–Crippen LogP) is 12.1. The Morgan fingerprint density at radius 1 is 0.512 bits per heavy atom. The third-order valence-corrected chi connectivity index (χ3v) is 8.01. The summed E-state index contributed by atoms with van der Waals surface area (Å²) in [5, 5.41) is 0. The van der Waals surface area contributed by atoms with E-state index in [1.54, 1.807) is 12.1 Å². The second-order valence-corrected chi connectivity index (χ2v) is 12.2. The van der Waals surface area contributed by atoms with Crippen LogP contribution >= 0.6 is 0 Å². The lowest BCUT2D eigenvalue weighted by Crippen LogP contribution is -2.10. The lowest BCUT2D eigenvalue weighted by atomic mass is 9.86. The Morgan fingerprint density at radius 3 is 1.63 bits per heavy atom. The van der Waals surface area contributed by atoms with Crippen LogP contribution in [0.2, 0.25) is 0 Å². The van der Waals surface area contributed by atoms with Crippen molar-refractivity contribution in [2.24, 2.45) is 0 Å². The van der Waals surface area contributed by atoms with Crippen LogP contribution in [0, 0.1) is 17.5 Å². The van der Waals surface area contributed by atoms with E-state index in [1.165, 1.54) is 74.3 Å². The van der Waals surface area contributed by atoms with Gasteiger partial charge in [0.05, 0.1) is 0 Å². The zero-order valence-corrected chi connectivity index (χ0v) is 25.0. The van der Waals surface area contributed by atoms with Crippen LogP contribution in [0.15, 0.2) is 78.9 Å². The van der Waals surface area contributed by atoms with Gasteiger partial charge in [-0.2, -0.15) is 0 Å². The fraction of sp³-hybridized carbons (Fsp3) is 0.368. The normalized spacial score (nSPS) is 11.7. The second-order valence-electron chi connectivity index (χ2n) is 12.2. The zero-order valence-electron chi connectivity index (χ0n) is 25.0. The molecule has 216 valence electrons. The molecule has 0 bridgehead atoms. The van der Waals surface area contributed by atoms with Crippen molar-refractivity contribution in [3.63, 3.8) is 0 Å². The first kappa shape index (κ1) is 30.6. The van der Waals surface area contributed by atoms with Crippen molar-refractivity contribution in [1.29, 1.82) is 0 Å². The molecule has 4 rings (SSSR count). The number of halogens is 3. The average Bonchev–Trinajstić information content (AvgIpc) is 2.96. The van der Waals surface area contributed by atoms with E-state index in [1.807, 2.05) is 48.5 Å². The van der Waals surface area contributed by atoms with Crippen molar-refractivity contribution >= 4 is 0 Å². The van der Waals surface area contributed by atoms with Crippen LogP contribution < -0.4 is 0 Å². The molecule has 41 heavy (non-hydrogen) atoms. The number of hydrogen-bond acceptors (Lipinski definition) is 0. The molecule has 0 amide bonds. The molecule has 0 nitrogen and oxygen atoms in total. The molecule has 0 radical (unpaired) electrons. The Balaban J connectivity index is 1.42. The Bertz CT molecular complexity index is 1410. The molecule has 0 saturated carbocycles. The summed E-state index contributed by atoms with van der Waals surface area (Å²) < 4.78 is 45.7. The predicted molar refractivity (Wildman–Crippen MR) is 168 cm³/mol. The molecule has 0 N–H and O–H groups in total. The molecule has 4 aromatic carbocycles. The van der Waals surface area contributed by atoms with Crippen molar-refractivity contribution in [3.8, 4) is 33.4 Å². The van der Waals surface area contributed by atoms with Crippen molar-refractivity contribution in [2.45, 2.75) is 90.9 Å². The molecule has 0 atom stereocenters. The van der Waals surface area contributed by atoms with Crippen LogP contribution in [-0.2, 0) is 11.8 Å². The van der Waals surface area contributed by atoms with Gasteiger partial charge in [0.25, 0.3) is 0 Å². The monoisotopic (exact) mass is 556 g/mol. The van der Waals surface area contributed by atoms with E-state index in [9.17, 15) is 0 Å². The van der Waals surface area contributed by atoms with Crippen LogP contribution in [0.4, 0.5) is 13.2 Å². The Kier molecular flexibility index (Phi) is 10.5. The number of aryl methyl sites for hydroxylation is 1. The fourth-order valence-corrected chi connectivity index (χ4v) is 5.37. The number of rotatable bonds is 12. The van der Waals surface area contributed by atoms with Gasteiger partial charge in [0.1, 0.15) is 5.82 Å². The van der Waals surface area contributed by atoms with E-state index in [2.05, 4.69) is 27.7 Å². The summed E-state index contributed by atoms with van der Waals surface area (Å²) in [6, 6.07) is 23.4. The highest BCUT2D eigenvalue weighted by Gasteiger charge is 2.19. The van der Waals surface area contributed by atoms with Gasteiger partial charge in [-0.3, -0.25) is 0 Å². The van der Waals surface area contributed by atoms with Crippen LogP contribution in [-0.4, -0.2) is 0 Å². The number of hydrogen-bond donors (Lipinski definition) is 0. The number of benzene rings is 4. The van der Waals surface area contributed by atoms with Gasteiger partial charge in [-0.25, -0.2) is 13.2 Å². The summed E-state index contributed by atoms with van der Waals surface area (Å²) in [5.74, 6) is -2.58. The van der Waals surface area contributed by atoms with Gasteiger partial charge < -0.3 is 0 Å². The van der Waals surface area contributed by atoms with E-state index in [4.69, 9.17) is 0 Å². The molecule has 3 heteroatoms. The molecule has 0 unspecified atom stereocenters. The molecule has 0 spiro atoms. The molecule has 4 aromatic rings. The zero-order chi connectivity index (χ0) is 29.4. The quantitative estimate of drug-likeness (QED) is 0.152. The smallest absolute Gasteiger partial charge is 0.167 e. The maximum atomic E-state index is 15.3. The van der Waals surface area contributed by atoms with Crippen LogP contribution in [0.1, 0.15) is 90.2 Å². The van der Waals surface area contributed by atoms with Gasteiger partial charge in [-0.15, -0.1) is 0 Å². The molecule has 0 aromatic heterocycles.